The van der Waals surface area contributed by atoms with Crippen LogP contribution in [0.1, 0.15) is 50.6 Å². The van der Waals surface area contributed by atoms with Gasteiger partial charge in [0, 0.05) is 19.4 Å². The molecule has 120 valence electrons. The van der Waals surface area contributed by atoms with Crippen molar-refractivity contribution in [3.05, 3.63) is 29.8 Å². The van der Waals surface area contributed by atoms with Gasteiger partial charge in [-0.05, 0) is 37.0 Å². The van der Waals surface area contributed by atoms with Crippen LogP contribution in [0.15, 0.2) is 24.3 Å². The van der Waals surface area contributed by atoms with Crippen LogP contribution in [0.4, 0.5) is 0 Å². The van der Waals surface area contributed by atoms with Crippen molar-refractivity contribution in [3.8, 4) is 5.75 Å². The second-order valence-electron chi connectivity index (χ2n) is 6.64. The molecule has 0 radical (unpaired) electrons. The van der Waals surface area contributed by atoms with E-state index >= 15 is 0 Å². The minimum atomic E-state index is -0.616. The van der Waals surface area contributed by atoms with Gasteiger partial charge in [0.25, 0.3) is 0 Å². The highest BCUT2D eigenvalue weighted by molar-refractivity contribution is 5.74. The Bertz CT molecular complexity index is 542. The Kier molecular flexibility index (Phi) is 4.13. The van der Waals surface area contributed by atoms with Gasteiger partial charge in [0.1, 0.15) is 5.75 Å². The molecule has 1 saturated carbocycles. The summed E-state index contributed by atoms with van der Waals surface area (Å²) in [4.78, 5) is 14.0. The predicted molar refractivity (Wildman–Crippen MR) is 84.6 cm³/mol. The third-order valence-electron chi connectivity index (χ3n) is 5.43. The van der Waals surface area contributed by atoms with Gasteiger partial charge < -0.3 is 14.7 Å². The molecule has 1 aromatic carbocycles. The maximum Gasteiger partial charge on any atom is 0.219 e. The van der Waals surface area contributed by atoms with Crippen LogP contribution < -0.4 is 4.74 Å². The summed E-state index contributed by atoms with van der Waals surface area (Å²) in [5.74, 6) is 1.04. The van der Waals surface area contributed by atoms with Crippen LogP contribution in [0.3, 0.4) is 0 Å². The van der Waals surface area contributed by atoms with Gasteiger partial charge in [-0.25, -0.2) is 0 Å². The quantitative estimate of drug-likeness (QED) is 0.914. The molecule has 1 aliphatic heterocycles. The zero-order chi connectivity index (χ0) is 15.7. The molecule has 4 nitrogen and oxygen atoms in total. The number of nitrogens with zero attached hydrogens (tertiary/aromatic N) is 1. The van der Waals surface area contributed by atoms with Crippen LogP contribution in [0, 0.1) is 5.92 Å². The summed E-state index contributed by atoms with van der Waals surface area (Å²) in [6.45, 7) is 2.27. The predicted octanol–water partition coefficient (Wildman–Crippen LogP) is 2.91. The number of piperidine rings is 1. The molecule has 3 atom stereocenters. The second-order valence-corrected chi connectivity index (χ2v) is 6.64. The molecule has 1 aromatic rings. The molecule has 2 aliphatic rings. The molecule has 0 aromatic heterocycles. The topological polar surface area (TPSA) is 49.8 Å². The van der Waals surface area contributed by atoms with Gasteiger partial charge in [-0.2, -0.15) is 0 Å². The molecule has 3 rings (SSSR count). The van der Waals surface area contributed by atoms with Crippen LogP contribution in [-0.4, -0.2) is 35.2 Å². The molecule has 0 unspecified atom stereocenters. The molecule has 1 amide bonds. The fraction of sp³-hybridized carbons (Fsp3) is 0.611. The largest absolute Gasteiger partial charge is 0.497 e. The number of benzene rings is 1. The fourth-order valence-electron chi connectivity index (χ4n) is 4.25. The van der Waals surface area contributed by atoms with Crippen molar-refractivity contribution < 1.29 is 14.6 Å². The van der Waals surface area contributed by atoms with Crippen LogP contribution in [0.5, 0.6) is 5.75 Å². The third-order valence-corrected chi connectivity index (χ3v) is 5.43. The van der Waals surface area contributed by atoms with Gasteiger partial charge in [-0.1, -0.05) is 25.0 Å². The van der Waals surface area contributed by atoms with Crippen molar-refractivity contribution in [2.75, 3.05) is 13.7 Å². The smallest absolute Gasteiger partial charge is 0.219 e. The summed E-state index contributed by atoms with van der Waals surface area (Å²) >= 11 is 0. The molecule has 0 bridgehead atoms. The summed E-state index contributed by atoms with van der Waals surface area (Å²) in [6, 6.07) is 7.90. The van der Waals surface area contributed by atoms with Gasteiger partial charge in [0.05, 0.1) is 18.8 Å². The van der Waals surface area contributed by atoms with Crippen molar-refractivity contribution in [1.29, 1.82) is 0 Å². The van der Waals surface area contributed by atoms with Crippen LogP contribution in [0.2, 0.25) is 0 Å². The van der Waals surface area contributed by atoms with E-state index in [0.717, 1.165) is 37.0 Å². The molecule has 2 fully saturated rings. The number of methoxy groups -OCH3 is 1. The van der Waals surface area contributed by atoms with Gasteiger partial charge in [-0.3, -0.25) is 4.79 Å². The van der Waals surface area contributed by atoms with Gasteiger partial charge in [0.15, 0.2) is 0 Å². The highest BCUT2D eigenvalue weighted by Crippen LogP contribution is 2.49. The minimum Gasteiger partial charge on any atom is -0.497 e. The molecular weight excluding hydrogens is 278 g/mol. The number of aliphatic hydroxyl groups is 1. The van der Waals surface area contributed by atoms with Crippen molar-refractivity contribution >= 4 is 5.91 Å². The number of rotatable bonds is 2. The normalized spacial score (nSPS) is 31.5. The van der Waals surface area contributed by atoms with Gasteiger partial charge in [-0.15, -0.1) is 0 Å². The molecule has 1 heterocycles. The first-order valence-electron chi connectivity index (χ1n) is 8.19. The first-order valence-corrected chi connectivity index (χ1v) is 8.19. The lowest BCUT2D eigenvalue weighted by Gasteiger charge is -2.52. The molecule has 1 aliphatic carbocycles. The highest BCUT2D eigenvalue weighted by atomic mass is 16.5. The Hall–Kier alpha value is -1.55. The van der Waals surface area contributed by atoms with E-state index in [1.54, 1.807) is 14.0 Å². The maximum atomic E-state index is 12.1. The van der Waals surface area contributed by atoms with E-state index in [2.05, 4.69) is 0 Å². The number of hydrogen-bond donors (Lipinski definition) is 1. The van der Waals surface area contributed by atoms with E-state index in [1.807, 2.05) is 29.2 Å². The molecular formula is C18H25NO3. The lowest BCUT2D eigenvalue weighted by atomic mass is 9.66. The summed E-state index contributed by atoms with van der Waals surface area (Å²) in [7, 11) is 1.65. The first-order chi connectivity index (χ1) is 10.5. The highest BCUT2D eigenvalue weighted by Gasteiger charge is 2.49. The van der Waals surface area contributed by atoms with Gasteiger partial charge in [0.2, 0.25) is 5.91 Å². The minimum absolute atomic E-state index is 0.0255. The number of ether oxygens (including phenoxy) is 1. The third kappa shape index (κ3) is 2.60. The lowest BCUT2D eigenvalue weighted by Crippen LogP contribution is -2.55. The summed E-state index contributed by atoms with van der Waals surface area (Å²) in [5.41, 5.74) is 0.482. The molecule has 4 heteroatoms. The van der Waals surface area contributed by atoms with Crippen molar-refractivity contribution in [1.82, 2.24) is 4.90 Å². The summed E-state index contributed by atoms with van der Waals surface area (Å²) < 4.78 is 5.23. The van der Waals surface area contributed by atoms with Crippen molar-refractivity contribution in [2.24, 2.45) is 5.92 Å². The number of amides is 1. The average molecular weight is 303 g/mol. The number of carbonyl (C=O) groups excluding carboxylic acids is 1. The zero-order valence-electron chi connectivity index (χ0n) is 13.4. The van der Waals surface area contributed by atoms with Gasteiger partial charge >= 0.3 is 0 Å². The van der Waals surface area contributed by atoms with E-state index < -0.39 is 5.60 Å². The Morgan fingerprint density at radius 2 is 2.00 bits per heavy atom. The maximum absolute atomic E-state index is 12.1. The Morgan fingerprint density at radius 1 is 1.27 bits per heavy atom. The molecule has 22 heavy (non-hydrogen) atoms. The van der Waals surface area contributed by atoms with E-state index in [4.69, 9.17) is 4.74 Å². The average Bonchev–Trinajstić information content (AvgIpc) is 2.53. The Labute approximate surface area is 132 Å². The Morgan fingerprint density at radius 3 is 2.64 bits per heavy atom. The van der Waals surface area contributed by atoms with Crippen LogP contribution in [-0.2, 0) is 4.79 Å². The number of hydrogen-bond acceptors (Lipinski definition) is 3. The van der Waals surface area contributed by atoms with Crippen LogP contribution >= 0.6 is 0 Å². The molecule has 0 spiro atoms. The molecule has 1 N–H and O–H groups in total. The van der Waals surface area contributed by atoms with E-state index in [9.17, 15) is 9.90 Å². The zero-order valence-corrected chi connectivity index (χ0v) is 13.4. The number of fused-ring (bicyclic) bond motifs is 1. The molecule has 1 saturated heterocycles. The van der Waals surface area contributed by atoms with E-state index in [1.165, 1.54) is 0 Å². The summed E-state index contributed by atoms with van der Waals surface area (Å²) in [5, 5.41) is 11.1. The second kappa shape index (κ2) is 5.92. The van der Waals surface area contributed by atoms with Crippen molar-refractivity contribution in [3.63, 3.8) is 0 Å². The monoisotopic (exact) mass is 303 g/mol. The van der Waals surface area contributed by atoms with Crippen molar-refractivity contribution in [2.45, 2.75) is 50.7 Å². The Balaban J connectivity index is 1.98. The van der Waals surface area contributed by atoms with E-state index in [0.29, 0.717) is 13.0 Å². The lowest BCUT2D eigenvalue weighted by molar-refractivity contribution is -0.153. The fourth-order valence-corrected chi connectivity index (χ4v) is 4.25. The number of likely N-dealkylation sites (tertiary alicyclic amines) is 1. The standard InChI is InChI=1S/C18H25NO3/c1-13(20)19-12-11-18(21)10-4-3-5-16(18)17(19)14-6-8-15(22-2)9-7-14/h6-9,16-17,21H,3-5,10-12H2,1-2H3/t16-,17+,18-/m1/s1. The van der Waals surface area contributed by atoms with Crippen LogP contribution in [0.25, 0.3) is 0 Å². The van der Waals surface area contributed by atoms with E-state index in [-0.39, 0.29) is 17.9 Å². The first kappa shape index (κ1) is 15.3. The summed E-state index contributed by atoms with van der Waals surface area (Å²) in [6.07, 6.45) is 4.75. The SMILES string of the molecule is COc1ccc([C@H]2[C@H]3CCCC[C@@]3(O)CCN2C(C)=O)cc1. The number of carbonyl (C=O) groups is 1.